The lowest BCUT2D eigenvalue weighted by atomic mass is 10.1. The Morgan fingerprint density at radius 1 is 1.25 bits per heavy atom. The van der Waals surface area contributed by atoms with Crippen LogP contribution in [-0.2, 0) is 6.42 Å². The third-order valence-electron chi connectivity index (χ3n) is 3.09. The maximum absolute atomic E-state index is 12.2. The number of benzene rings is 2. The number of amides is 1. The van der Waals surface area contributed by atoms with Gasteiger partial charge in [0.25, 0.3) is 5.91 Å². The summed E-state index contributed by atoms with van der Waals surface area (Å²) in [5, 5.41) is 2.87. The topological polar surface area (TPSA) is 55.1 Å². The summed E-state index contributed by atoms with van der Waals surface area (Å²) in [6, 6.07) is 11.2. The Balaban J connectivity index is 2.21. The first-order valence-corrected chi connectivity index (χ1v) is 7.26. The van der Waals surface area contributed by atoms with E-state index in [0.29, 0.717) is 16.9 Å². The molecule has 2 aromatic rings. The van der Waals surface area contributed by atoms with E-state index < -0.39 is 0 Å². The zero-order valence-corrected chi connectivity index (χ0v) is 13.1. The molecule has 0 aliphatic heterocycles. The number of hydrogen-bond donors (Lipinski definition) is 2. The monoisotopic (exact) mass is 332 g/mol. The van der Waals surface area contributed by atoms with E-state index in [9.17, 15) is 4.79 Å². The first kappa shape index (κ1) is 14.6. The van der Waals surface area contributed by atoms with E-state index in [1.807, 2.05) is 38.1 Å². The molecule has 0 unspecified atom stereocenters. The van der Waals surface area contributed by atoms with Crippen LogP contribution in [0.3, 0.4) is 0 Å². The normalized spacial score (nSPS) is 10.3. The maximum atomic E-state index is 12.2. The number of anilines is 2. The first-order chi connectivity index (χ1) is 9.49. The minimum absolute atomic E-state index is 0.141. The summed E-state index contributed by atoms with van der Waals surface area (Å²) in [6.45, 7) is 4.00. The second-order valence-corrected chi connectivity index (χ2v) is 5.65. The molecule has 20 heavy (non-hydrogen) atoms. The molecule has 0 heterocycles. The second-order valence-electron chi connectivity index (χ2n) is 4.74. The highest BCUT2D eigenvalue weighted by Gasteiger charge is 2.08. The molecule has 3 N–H and O–H groups in total. The van der Waals surface area contributed by atoms with Gasteiger partial charge in [0.15, 0.2) is 0 Å². The van der Waals surface area contributed by atoms with Crippen molar-refractivity contribution in [3.63, 3.8) is 0 Å². The number of rotatable bonds is 3. The van der Waals surface area contributed by atoms with Crippen LogP contribution in [0.15, 0.2) is 40.9 Å². The molecule has 1 amide bonds. The van der Waals surface area contributed by atoms with E-state index in [-0.39, 0.29) is 5.91 Å². The van der Waals surface area contributed by atoms with E-state index >= 15 is 0 Å². The number of carbonyl (C=O) groups is 1. The Morgan fingerprint density at radius 2 is 2.00 bits per heavy atom. The van der Waals surface area contributed by atoms with Crippen molar-refractivity contribution in [3.05, 3.63) is 57.6 Å². The molecule has 104 valence electrons. The molecule has 0 spiro atoms. The van der Waals surface area contributed by atoms with Gasteiger partial charge in [-0.25, -0.2) is 0 Å². The SMILES string of the molecule is CCc1ccc(NC(=O)c2cc(C)cc(Br)c2)cc1N. The summed E-state index contributed by atoms with van der Waals surface area (Å²) in [4.78, 5) is 12.2. The van der Waals surface area contributed by atoms with Crippen molar-refractivity contribution in [2.75, 3.05) is 11.1 Å². The molecule has 2 rings (SSSR count). The summed E-state index contributed by atoms with van der Waals surface area (Å²) in [5.41, 5.74) is 10.1. The largest absolute Gasteiger partial charge is 0.398 e. The van der Waals surface area contributed by atoms with Gasteiger partial charge in [-0.15, -0.1) is 0 Å². The average Bonchev–Trinajstić information content (AvgIpc) is 2.37. The second kappa shape index (κ2) is 6.09. The van der Waals surface area contributed by atoms with E-state index in [1.54, 1.807) is 12.1 Å². The van der Waals surface area contributed by atoms with Crippen molar-refractivity contribution in [1.29, 1.82) is 0 Å². The van der Waals surface area contributed by atoms with Gasteiger partial charge < -0.3 is 11.1 Å². The molecule has 0 fully saturated rings. The number of halogens is 1. The molecule has 0 bridgehead atoms. The quantitative estimate of drug-likeness (QED) is 0.829. The lowest BCUT2D eigenvalue weighted by Crippen LogP contribution is -2.12. The van der Waals surface area contributed by atoms with Gasteiger partial charge in [0.1, 0.15) is 0 Å². The number of aryl methyl sites for hydroxylation is 2. The van der Waals surface area contributed by atoms with Crippen LogP contribution in [0.25, 0.3) is 0 Å². The third kappa shape index (κ3) is 3.39. The van der Waals surface area contributed by atoms with Crippen LogP contribution >= 0.6 is 15.9 Å². The molecule has 0 aliphatic rings. The highest BCUT2D eigenvalue weighted by atomic mass is 79.9. The molecule has 0 atom stereocenters. The Labute approximate surface area is 127 Å². The van der Waals surface area contributed by atoms with Gasteiger partial charge in [0.2, 0.25) is 0 Å². The summed E-state index contributed by atoms with van der Waals surface area (Å²) >= 11 is 3.40. The highest BCUT2D eigenvalue weighted by molar-refractivity contribution is 9.10. The molecule has 0 saturated carbocycles. The first-order valence-electron chi connectivity index (χ1n) is 6.46. The Hall–Kier alpha value is -1.81. The number of nitrogen functional groups attached to an aromatic ring is 1. The molecule has 3 nitrogen and oxygen atoms in total. The molecule has 4 heteroatoms. The molecule has 0 aliphatic carbocycles. The fraction of sp³-hybridized carbons (Fsp3) is 0.188. The minimum atomic E-state index is -0.141. The number of hydrogen-bond acceptors (Lipinski definition) is 2. The molecular weight excluding hydrogens is 316 g/mol. The fourth-order valence-electron chi connectivity index (χ4n) is 2.07. The van der Waals surface area contributed by atoms with Gasteiger partial charge in [0.05, 0.1) is 0 Å². The van der Waals surface area contributed by atoms with Crippen LogP contribution in [0.5, 0.6) is 0 Å². The lowest BCUT2D eigenvalue weighted by Gasteiger charge is -2.09. The van der Waals surface area contributed by atoms with Gasteiger partial charge in [0, 0.05) is 21.4 Å². The molecule has 2 aromatic carbocycles. The van der Waals surface area contributed by atoms with Gasteiger partial charge in [-0.05, 0) is 54.8 Å². The van der Waals surface area contributed by atoms with Crippen LogP contribution in [0.4, 0.5) is 11.4 Å². The van der Waals surface area contributed by atoms with Crippen molar-refractivity contribution in [1.82, 2.24) is 0 Å². The van der Waals surface area contributed by atoms with Crippen LogP contribution in [0.1, 0.15) is 28.4 Å². The van der Waals surface area contributed by atoms with E-state index in [2.05, 4.69) is 21.2 Å². The Kier molecular flexibility index (Phi) is 4.45. The standard InChI is InChI=1S/C16H17BrN2O/c1-3-11-4-5-14(9-15(11)18)19-16(20)12-6-10(2)7-13(17)8-12/h4-9H,3,18H2,1-2H3,(H,19,20). The summed E-state index contributed by atoms with van der Waals surface area (Å²) < 4.78 is 0.892. The predicted octanol–water partition coefficient (Wildman–Crippen LogP) is 4.15. The number of carbonyl (C=O) groups excluding carboxylic acids is 1. The zero-order chi connectivity index (χ0) is 14.7. The number of nitrogens with two attached hydrogens (primary N) is 1. The van der Waals surface area contributed by atoms with E-state index in [4.69, 9.17) is 5.73 Å². The molecular formula is C16H17BrN2O. The van der Waals surface area contributed by atoms with Gasteiger partial charge in [-0.2, -0.15) is 0 Å². The van der Waals surface area contributed by atoms with Crippen molar-refractivity contribution in [3.8, 4) is 0 Å². The molecule has 0 aromatic heterocycles. The smallest absolute Gasteiger partial charge is 0.255 e. The fourth-order valence-corrected chi connectivity index (χ4v) is 2.67. The third-order valence-corrected chi connectivity index (χ3v) is 3.55. The van der Waals surface area contributed by atoms with Crippen molar-refractivity contribution < 1.29 is 4.79 Å². The van der Waals surface area contributed by atoms with Crippen molar-refractivity contribution in [2.24, 2.45) is 0 Å². The Morgan fingerprint density at radius 3 is 2.60 bits per heavy atom. The van der Waals surface area contributed by atoms with Crippen molar-refractivity contribution >= 4 is 33.2 Å². The number of nitrogens with one attached hydrogen (secondary N) is 1. The van der Waals surface area contributed by atoms with Crippen LogP contribution in [0, 0.1) is 6.92 Å². The van der Waals surface area contributed by atoms with Crippen LogP contribution in [-0.4, -0.2) is 5.91 Å². The Bertz CT molecular complexity index is 633. The van der Waals surface area contributed by atoms with E-state index in [0.717, 1.165) is 22.0 Å². The summed E-state index contributed by atoms with van der Waals surface area (Å²) in [5.74, 6) is -0.141. The molecule has 0 radical (unpaired) electrons. The van der Waals surface area contributed by atoms with Crippen LogP contribution in [0.2, 0.25) is 0 Å². The van der Waals surface area contributed by atoms with E-state index in [1.165, 1.54) is 0 Å². The zero-order valence-electron chi connectivity index (χ0n) is 11.5. The maximum Gasteiger partial charge on any atom is 0.255 e. The average molecular weight is 333 g/mol. The van der Waals surface area contributed by atoms with Crippen molar-refractivity contribution in [2.45, 2.75) is 20.3 Å². The van der Waals surface area contributed by atoms with Gasteiger partial charge >= 0.3 is 0 Å². The highest BCUT2D eigenvalue weighted by Crippen LogP contribution is 2.20. The predicted molar refractivity (Wildman–Crippen MR) is 87.1 cm³/mol. The minimum Gasteiger partial charge on any atom is -0.398 e. The molecule has 0 saturated heterocycles. The van der Waals surface area contributed by atoms with Crippen LogP contribution < -0.4 is 11.1 Å². The summed E-state index contributed by atoms with van der Waals surface area (Å²) in [7, 11) is 0. The van der Waals surface area contributed by atoms with Gasteiger partial charge in [-0.1, -0.05) is 28.9 Å². The van der Waals surface area contributed by atoms with Gasteiger partial charge in [-0.3, -0.25) is 4.79 Å². The summed E-state index contributed by atoms with van der Waals surface area (Å²) in [6.07, 6.45) is 0.880. The lowest BCUT2D eigenvalue weighted by molar-refractivity contribution is 0.102.